The third-order valence-electron chi connectivity index (χ3n) is 5.41. The number of fused-ring (bicyclic) bond motifs is 1. The van der Waals surface area contributed by atoms with Crippen LogP contribution in [0.3, 0.4) is 0 Å². The molecular weight excluding hydrogens is 392 g/mol. The van der Waals surface area contributed by atoms with Gasteiger partial charge in [0.05, 0.1) is 11.1 Å². The molecule has 3 N–H and O–H groups in total. The number of phenolic OH excluding ortho intramolecular Hbond substituents is 2. The molecule has 2 aromatic carbocycles. The maximum atomic E-state index is 12.8. The van der Waals surface area contributed by atoms with Crippen molar-refractivity contribution >= 4 is 35.9 Å². The average Bonchev–Trinajstić information content (AvgIpc) is 2.62. The van der Waals surface area contributed by atoms with Crippen LogP contribution in [0.25, 0.3) is 22.3 Å². The number of benzene rings is 2. The molecule has 0 aliphatic carbocycles. The first kappa shape index (κ1) is 19.8. The van der Waals surface area contributed by atoms with E-state index in [1.54, 1.807) is 18.2 Å². The minimum absolute atomic E-state index is 0.0424. The lowest BCUT2D eigenvalue weighted by Crippen LogP contribution is -2.40. The van der Waals surface area contributed by atoms with Gasteiger partial charge in [0.1, 0.15) is 36.1 Å². The molecule has 1 saturated heterocycles. The molecule has 0 saturated carbocycles. The number of piperidine rings is 1. The van der Waals surface area contributed by atoms with E-state index >= 15 is 0 Å². The Bertz CT molecular complexity index is 1160. The normalized spacial score (nSPS) is 20.2. The number of rotatable bonds is 2. The van der Waals surface area contributed by atoms with Crippen molar-refractivity contribution in [3.8, 4) is 22.8 Å². The Hall–Kier alpha value is -2.48. The molecule has 0 spiro atoms. The van der Waals surface area contributed by atoms with Crippen molar-refractivity contribution in [2.24, 2.45) is 0 Å². The van der Waals surface area contributed by atoms with Gasteiger partial charge in [0.2, 0.25) is 0 Å². The van der Waals surface area contributed by atoms with E-state index in [0.717, 1.165) is 6.07 Å². The van der Waals surface area contributed by atoms with Gasteiger partial charge < -0.3 is 24.6 Å². The summed E-state index contributed by atoms with van der Waals surface area (Å²) in [6.07, 6.45) is -0.205. The zero-order valence-electron chi connectivity index (χ0n) is 15.7. The summed E-state index contributed by atoms with van der Waals surface area (Å²) in [5.74, 6) is -0.879. The van der Waals surface area contributed by atoms with Gasteiger partial charge in [0.15, 0.2) is 5.43 Å². The van der Waals surface area contributed by atoms with Gasteiger partial charge >= 0.3 is 0 Å². The summed E-state index contributed by atoms with van der Waals surface area (Å²) < 4.78 is 6.00. The highest BCUT2D eigenvalue weighted by atomic mass is 35.5. The summed E-state index contributed by atoms with van der Waals surface area (Å²) in [7, 11) is 7.64. The van der Waals surface area contributed by atoms with Crippen LogP contribution in [0.15, 0.2) is 39.5 Å². The van der Waals surface area contributed by atoms with Crippen molar-refractivity contribution in [2.75, 3.05) is 20.1 Å². The van der Waals surface area contributed by atoms with Crippen LogP contribution in [0.4, 0.5) is 0 Å². The van der Waals surface area contributed by atoms with Crippen molar-refractivity contribution in [1.29, 1.82) is 0 Å². The number of aliphatic hydroxyl groups excluding tert-OH is 1. The maximum Gasteiger partial charge on any atom is 0.197 e. The number of nitrogens with zero attached hydrogens (tertiary/aromatic N) is 1. The standard InChI is InChI=1S/C21H19BClNO5/c1-24-5-4-12(17(28)9-24)19-14(25)7-15(26)20-16(27)8-18(29-21(19)20)11-3-2-10(22)6-13(11)23/h2-3,6-8,12,17,25-26,28H,4-5,9H2,1H3. The first-order chi connectivity index (χ1) is 13.8. The van der Waals surface area contributed by atoms with Gasteiger partial charge in [-0.1, -0.05) is 29.2 Å². The average molecular weight is 412 g/mol. The predicted molar refractivity (Wildman–Crippen MR) is 113 cm³/mol. The fourth-order valence-corrected chi connectivity index (χ4v) is 4.25. The second-order valence-corrected chi connectivity index (χ2v) is 7.88. The molecule has 1 aromatic heterocycles. The molecule has 4 rings (SSSR count). The highest BCUT2D eigenvalue weighted by Crippen LogP contribution is 2.42. The number of aromatic hydroxyl groups is 2. The van der Waals surface area contributed by atoms with E-state index in [4.69, 9.17) is 23.9 Å². The molecule has 2 atom stereocenters. The molecular formula is C21H19BClNO5. The third kappa shape index (κ3) is 3.50. The van der Waals surface area contributed by atoms with E-state index in [1.807, 2.05) is 11.9 Å². The Morgan fingerprint density at radius 3 is 2.66 bits per heavy atom. The maximum absolute atomic E-state index is 12.8. The van der Waals surface area contributed by atoms with Crippen LogP contribution < -0.4 is 10.9 Å². The van der Waals surface area contributed by atoms with Gasteiger partial charge in [-0.2, -0.15) is 0 Å². The molecule has 2 unspecified atom stereocenters. The fraction of sp³-hybridized carbons (Fsp3) is 0.286. The minimum atomic E-state index is -0.763. The topological polar surface area (TPSA) is 94.1 Å². The number of phenols is 2. The number of likely N-dealkylation sites (N-methyl/N-ethyl adjacent to an activating group) is 1. The van der Waals surface area contributed by atoms with E-state index in [0.29, 0.717) is 41.1 Å². The number of halogens is 1. The van der Waals surface area contributed by atoms with Crippen LogP contribution in [0, 0.1) is 0 Å². The first-order valence-corrected chi connectivity index (χ1v) is 9.58. The summed E-state index contributed by atoms with van der Waals surface area (Å²) in [5.41, 5.74) is 0.801. The monoisotopic (exact) mass is 411 g/mol. The minimum Gasteiger partial charge on any atom is -0.507 e. The van der Waals surface area contributed by atoms with Gasteiger partial charge in [0, 0.05) is 35.7 Å². The second kappa shape index (κ2) is 7.41. The van der Waals surface area contributed by atoms with Crippen LogP contribution in [0.2, 0.25) is 5.02 Å². The molecule has 8 heteroatoms. The Balaban J connectivity index is 1.99. The summed E-state index contributed by atoms with van der Waals surface area (Å²) in [4.78, 5) is 14.8. The molecule has 148 valence electrons. The van der Waals surface area contributed by atoms with Gasteiger partial charge in [-0.25, -0.2) is 0 Å². The van der Waals surface area contributed by atoms with Gasteiger partial charge in [-0.15, -0.1) is 0 Å². The van der Waals surface area contributed by atoms with E-state index in [-0.39, 0.29) is 28.2 Å². The molecule has 2 heterocycles. The number of aliphatic hydroxyl groups is 1. The highest BCUT2D eigenvalue weighted by molar-refractivity contribution is 6.37. The number of hydrogen-bond donors (Lipinski definition) is 3. The Kier molecular flexibility index (Phi) is 5.06. The van der Waals surface area contributed by atoms with Crippen LogP contribution in [0.5, 0.6) is 11.5 Å². The van der Waals surface area contributed by atoms with E-state index in [9.17, 15) is 20.1 Å². The van der Waals surface area contributed by atoms with Crippen molar-refractivity contribution in [3.63, 3.8) is 0 Å². The third-order valence-corrected chi connectivity index (χ3v) is 5.72. The Labute approximate surface area is 173 Å². The zero-order chi connectivity index (χ0) is 20.9. The quantitative estimate of drug-likeness (QED) is 0.559. The molecule has 0 amide bonds. The molecule has 1 aliphatic heterocycles. The Morgan fingerprint density at radius 2 is 1.97 bits per heavy atom. The first-order valence-electron chi connectivity index (χ1n) is 9.21. The van der Waals surface area contributed by atoms with Crippen molar-refractivity contribution in [2.45, 2.75) is 18.4 Å². The summed E-state index contributed by atoms with van der Waals surface area (Å²) in [5, 5.41) is 31.7. The molecule has 29 heavy (non-hydrogen) atoms. The van der Waals surface area contributed by atoms with Gasteiger partial charge in [-0.05, 0) is 26.1 Å². The summed E-state index contributed by atoms with van der Waals surface area (Å²) in [6, 6.07) is 7.17. The summed E-state index contributed by atoms with van der Waals surface area (Å²) in [6.45, 7) is 1.12. The van der Waals surface area contributed by atoms with E-state index in [1.165, 1.54) is 6.07 Å². The molecule has 0 bridgehead atoms. The predicted octanol–water partition coefficient (Wildman–Crippen LogP) is 2.10. The van der Waals surface area contributed by atoms with Crippen LogP contribution in [0.1, 0.15) is 17.9 Å². The highest BCUT2D eigenvalue weighted by Gasteiger charge is 2.33. The molecule has 3 aromatic rings. The van der Waals surface area contributed by atoms with Crippen LogP contribution in [-0.4, -0.2) is 54.3 Å². The Morgan fingerprint density at radius 1 is 1.21 bits per heavy atom. The van der Waals surface area contributed by atoms with Crippen LogP contribution >= 0.6 is 11.6 Å². The SMILES string of the molecule is [B]c1ccc(-c2cc(=O)c3c(O)cc(O)c(C4CCN(C)CC4O)c3o2)c(Cl)c1. The lowest BCUT2D eigenvalue weighted by Gasteiger charge is -2.34. The molecule has 6 nitrogen and oxygen atoms in total. The zero-order valence-corrected chi connectivity index (χ0v) is 16.5. The smallest absolute Gasteiger partial charge is 0.197 e. The molecule has 2 radical (unpaired) electrons. The van der Waals surface area contributed by atoms with Crippen molar-refractivity contribution in [1.82, 2.24) is 4.90 Å². The van der Waals surface area contributed by atoms with E-state index < -0.39 is 17.5 Å². The van der Waals surface area contributed by atoms with Gasteiger partial charge in [-0.3, -0.25) is 4.79 Å². The molecule has 1 aliphatic rings. The molecule has 1 fully saturated rings. The fourth-order valence-electron chi connectivity index (χ4n) is 3.97. The van der Waals surface area contributed by atoms with Crippen LogP contribution in [-0.2, 0) is 0 Å². The lowest BCUT2D eigenvalue weighted by atomic mass is 9.85. The lowest BCUT2D eigenvalue weighted by molar-refractivity contribution is 0.0630. The number of likely N-dealkylation sites (tertiary alicyclic amines) is 1. The van der Waals surface area contributed by atoms with Gasteiger partial charge in [0.25, 0.3) is 0 Å². The van der Waals surface area contributed by atoms with E-state index in [2.05, 4.69) is 0 Å². The number of β-amino-alcohol motifs (C(OH)–C–C–N with tert-alkyl or cyclic N) is 1. The largest absolute Gasteiger partial charge is 0.507 e. The van der Waals surface area contributed by atoms with Crippen molar-refractivity contribution in [3.05, 3.63) is 51.1 Å². The number of hydrogen-bond acceptors (Lipinski definition) is 6. The van der Waals surface area contributed by atoms with Crippen molar-refractivity contribution < 1.29 is 19.7 Å². The summed E-state index contributed by atoms with van der Waals surface area (Å²) >= 11 is 6.27. The second-order valence-electron chi connectivity index (χ2n) is 7.47.